The molecule has 1 aromatic heterocycles. The van der Waals surface area contributed by atoms with Gasteiger partial charge in [0.05, 0.1) is 0 Å². The van der Waals surface area contributed by atoms with Crippen molar-refractivity contribution >= 4 is 0 Å². The predicted octanol–water partition coefficient (Wildman–Crippen LogP) is 1.22. The van der Waals surface area contributed by atoms with E-state index in [9.17, 15) is 5.11 Å². The topological polar surface area (TPSA) is 64.1 Å². The Morgan fingerprint density at radius 3 is 2.81 bits per heavy atom. The molecule has 0 radical (unpaired) electrons. The van der Waals surface area contributed by atoms with Crippen LogP contribution in [-0.4, -0.2) is 21.4 Å². The molecule has 2 aromatic rings. The van der Waals surface area contributed by atoms with E-state index in [2.05, 4.69) is 5.10 Å². The van der Waals surface area contributed by atoms with Crippen LogP contribution in [0.15, 0.2) is 36.5 Å². The monoisotopic (exact) mass is 217 g/mol. The van der Waals surface area contributed by atoms with Crippen molar-refractivity contribution in [3.8, 4) is 5.75 Å². The first-order valence-electron chi connectivity index (χ1n) is 5.19. The van der Waals surface area contributed by atoms with Gasteiger partial charge >= 0.3 is 0 Å². The van der Waals surface area contributed by atoms with Crippen molar-refractivity contribution in [3.05, 3.63) is 47.8 Å². The third kappa shape index (κ3) is 1.92. The SMILES string of the molecule is Cn1nccc1C(CN)c1cccc(O)c1. The van der Waals surface area contributed by atoms with Gasteiger partial charge in [-0.1, -0.05) is 12.1 Å². The van der Waals surface area contributed by atoms with Crippen LogP contribution >= 0.6 is 0 Å². The predicted molar refractivity (Wildman–Crippen MR) is 62.2 cm³/mol. The summed E-state index contributed by atoms with van der Waals surface area (Å²) in [5, 5.41) is 13.6. The Balaban J connectivity index is 2.40. The van der Waals surface area contributed by atoms with Gasteiger partial charge in [-0.05, 0) is 23.8 Å². The average molecular weight is 217 g/mol. The van der Waals surface area contributed by atoms with E-state index in [1.165, 1.54) is 0 Å². The molecule has 0 fully saturated rings. The molecule has 0 spiro atoms. The number of phenolic OH excluding ortho intramolecular Hbond substituents is 1. The summed E-state index contributed by atoms with van der Waals surface area (Å²) in [6.45, 7) is 0.489. The zero-order valence-corrected chi connectivity index (χ0v) is 9.17. The van der Waals surface area contributed by atoms with Crippen LogP contribution in [0.4, 0.5) is 0 Å². The second-order valence-corrected chi connectivity index (χ2v) is 3.76. The number of rotatable bonds is 3. The lowest BCUT2D eigenvalue weighted by Gasteiger charge is -2.15. The zero-order valence-electron chi connectivity index (χ0n) is 9.17. The number of hydrogen-bond acceptors (Lipinski definition) is 3. The van der Waals surface area contributed by atoms with Gasteiger partial charge in [-0.25, -0.2) is 0 Å². The fourth-order valence-electron chi connectivity index (χ4n) is 1.90. The van der Waals surface area contributed by atoms with Crippen LogP contribution in [0, 0.1) is 0 Å². The largest absolute Gasteiger partial charge is 0.508 e. The summed E-state index contributed by atoms with van der Waals surface area (Å²) < 4.78 is 1.81. The number of benzene rings is 1. The maximum Gasteiger partial charge on any atom is 0.115 e. The fourth-order valence-corrected chi connectivity index (χ4v) is 1.90. The van der Waals surface area contributed by atoms with Crippen LogP contribution in [0.3, 0.4) is 0 Å². The maximum atomic E-state index is 9.46. The molecule has 0 saturated carbocycles. The van der Waals surface area contributed by atoms with Crippen LogP contribution in [0.5, 0.6) is 5.75 Å². The Bertz CT molecular complexity index is 479. The summed E-state index contributed by atoms with van der Waals surface area (Å²) in [5.41, 5.74) is 7.85. The first-order chi connectivity index (χ1) is 7.72. The van der Waals surface area contributed by atoms with Gasteiger partial charge in [-0.15, -0.1) is 0 Å². The van der Waals surface area contributed by atoms with Crippen molar-refractivity contribution in [2.75, 3.05) is 6.54 Å². The smallest absolute Gasteiger partial charge is 0.115 e. The minimum absolute atomic E-state index is 0.0691. The Morgan fingerprint density at radius 1 is 1.44 bits per heavy atom. The van der Waals surface area contributed by atoms with Gasteiger partial charge in [0.15, 0.2) is 0 Å². The van der Waals surface area contributed by atoms with Gasteiger partial charge in [0, 0.05) is 31.4 Å². The standard InChI is InChI=1S/C12H15N3O/c1-15-12(5-6-14-15)11(8-13)9-3-2-4-10(16)7-9/h2-7,11,16H,8,13H2,1H3. The van der Waals surface area contributed by atoms with Crippen LogP contribution in [0.1, 0.15) is 17.2 Å². The molecule has 4 nitrogen and oxygen atoms in total. The molecule has 1 heterocycles. The van der Waals surface area contributed by atoms with E-state index in [-0.39, 0.29) is 11.7 Å². The molecular weight excluding hydrogens is 202 g/mol. The number of phenols is 1. The lowest BCUT2D eigenvalue weighted by Crippen LogP contribution is -2.16. The summed E-state index contributed by atoms with van der Waals surface area (Å²) in [6.07, 6.45) is 1.75. The summed E-state index contributed by atoms with van der Waals surface area (Å²) >= 11 is 0. The highest BCUT2D eigenvalue weighted by atomic mass is 16.3. The fraction of sp³-hybridized carbons (Fsp3) is 0.250. The van der Waals surface area contributed by atoms with Crippen molar-refractivity contribution in [1.29, 1.82) is 0 Å². The highest BCUT2D eigenvalue weighted by Gasteiger charge is 2.15. The number of aromatic hydroxyl groups is 1. The molecule has 1 aromatic carbocycles. The van der Waals surface area contributed by atoms with E-state index < -0.39 is 0 Å². The third-order valence-electron chi connectivity index (χ3n) is 2.72. The molecule has 2 rings (SSSR count). The van der Waals surface area contributed by atoms with Crippen LogP contribution in [0.2, 0.25) is 0 Å². The van der Waals surface area contributed by atoms with Crippen LogP contribution in [0.25, 0.3) is 0 Å². The number of aromatic nitrogens is 2. The summed E-state index contributed by atoms with van der Waals surface area (Å²) in [4.78, 5) is 0. The number of nitrogens with zero attached hydrogens (tertiary/aromatic N) is 2. The molecule has 84 valence electrons. The first kappa shape index (κ1) is 10.7. The average Bonchev–Trinajstić information content (AvgIpc) is 2.67. The van der Waals surface area contributed by atoms with Gasteiger partial charge in [0.1, 0.15) is 5.75 Å². The number of nitrogens with two attached hydrogens (primary N) is 1. The van der Waals surface area contributed by atoms with Gasteiger partial charge in [0.25, 0.3) is 0 Å². The van der Waals surface area contributed by atoms with Crippen LogP contribution in [-0.2, 0) is 7.05 Å². The Kier molecular flexibility index (Phi) is 2.92. The highest BCUT2D eigenvalue weighted by Crippen LogP contribution is 2.25. The van der Waals surface area contributed by atoms with Crippen molar-refractivity contribution in [2.24, 2.45) is 12.8 Å². The molecule has 4 heteroatoms. The molecule has 3 N–H and O–H groups in total. The van der Waals surface area contributed by atoms with Gasteiger partial charge in [-0.3, -0.25) is 4.68 Å². The quantitative estimate of drug-likeness (QED) is 0.812. The van der Waals surface area contributed by atoms with E-state index in [1.807, 2.05) is 29.9 Å². The van der Waals surface area contributed by atoms with E-state index in [0.717, 1.165) is 11.3 Å². The third-order valence-corrected chi connectivity index (χ3v) is 2.72. The molecule has 1 unspecified atom stereocenters. The van der Waals surface area contributed by atoms with Crippen molar-refractivity contribution in [3.63, 3.8) is 0 Å². The van der Waals surface area contributed by atoms with Gasteiger partial charge < -0.3 is 10.8 Å². The first-order valence-corrected chi connectivity index (χ1v) is 5.19. The summed E-state index contributed by atoms with van der Waals surface area (Å²) in [7, 11) is 1.89. The molecule has 1 atom stereocenters. The van der Waals surface area contributed by atoms with E-state index in [1.54, 1.807) is 18.3 Å². The van der Waals surface area contributed by atoms with Crippen molar-refractivity contribution < 1.29 is 5.11 Å². The van der Waals surface area contributed by atoms with E-state index in [4.69, 9.17) is 5.73 Å². The lowest BCUT2D eigenvalue weighted by molar-refractivity contribution is 0.474. The Hall–Kier alpha value is -1.81. The molecule has 0 amide bonds. The van der Waals surface area contributed by atoms with E-state index >= 15 is 0 Å². The lowest BCUT2D eigenvalue weighted by atomic mass is 9.95. The van der Waals surface area contributed by atoms with Gasteiger partial charge in [-0.2, -0.15) is 5.10 Å². The minimum Gasteiger partial charge on any atom is -0.508 e. The molecule has 0 bridgehead atoms. The van der Waals surface area contributed by atoms with Crippen molar-refractivity contribution in [1.82, 2.24) is 9.78 Å². The second-order valence-electron chi connectivity index (χ2n) is 3.76. The molecule has 0 aliphatic carbocycles. The second kappa shape index (κ2) is 4.37. The molecule has 0 aliphatic heterocycles. The summed E-state index contributed by atoms with van der Waals surface area (Å²) in [6, 6.07) is 9.13. The minimum atomic E-state index is 0.0691. The number of hydrogen-bond donors (Lipinski definition) is 2. The molecular formula is C12H15N3O. The molecule has 0 saturated heterocycles. The van der Waals surface area contributed by atoms with Crippen LogP contribution < -0.4 is 5.73 Å². The zero-order chi connectivity index (χ0) is 11.5. The normalized spacial score (nSPS) is 12.6. The Labute approximate surface area is 94.3 Å². The van der Waals surface area contributed by atoms with Crippen molar-refractivity contribution in [2.45, 2.75) is 5.92 Å². The highest BCUT2D eigenvalue weighted by molar-refractivity contribution is 5.34. The summed E-state index contributed by atoms with van der Waals surface area (Å²) in [5.74, 6) is 0.331. The Morgan fingerprint density at radius 2 is 2.25 bits per heavy atom. The maximum absolute atomic E-state index is 9.46. The van der Waals surface area contributed by atoms with E-state index in [0.29, 0.717) is 6.54 Å². The molecule has 16 heavy (non-hydrogen) atoms. The number of aryl methyl sites for hydroxylation is 1. The molecule has 0 aliphatic rings. The van der Waals surface area contributed by atoms with Gasteiger partial charge in [0.2, 0.25) is 0 Å².